The highest BCUT2D eigenvalue weighted by Gasteiger charge is 2.07. The van der Waals surface area contributed by atoms with Gasteiger partial charge in [-0.1, -0.05) is 12.1 Å². The van der Waals surface area contributed by atoms with E-state index in [1.807, 2.05) is 36.2 Å². The smallest absolute Gasteiger partial charge is 0.139 e. The summed E-state index contributed by atoms with van der Waals surface area (Å²) < 4.78 is 0. The zero-order valence-electron chi connectivity index (χ0n) is 9.72. The lowest BCUT2D eigenvalue weighted by Gasteiger charge is -2.18. The summed E-state index contributed by atoms with van der Waals surface area (Å²) in [6, 6.07) is 7.87. The fourth-order valence-corrected chi connectivity index (χ4v) is 1.69. The summed E-state index contributed by atoms with van der Waals surface area (Å²) in [5.41, 5.74) is 6.28. The zero-order valence-corrected chi connectivity index (χ0v) is 9.72. The summed E-state index contributed by atoms with van der Waals surface area (Å²) in [6.07, 6.45) is 2.09. The molecule has 2 aromatic rings. The molecule has 0 aliphatic rings. The molecule has 3 N–H and O–H groups in total. The number of hydrogen-bond donors (Lipinski definition) is 2. The number of nitrogens with two attached hydrogens (primary N) is 1. The molecule has 5 heteroatoms. The molecule has 0 bridgehead atoms. The molecule has 0 aliphatic heterocycles. The maximum Gasteiger partial charge on any atom is 0.139 e. The fourth-order valence-electron chi connectivity index (χ4n) is 1.69. The van der Waals surface area contributed by atoms with Crippen LogP contribution in [0.4, 0.5) is 5.82 Å². The monoisotopic (exact) mass is 229 g/mol. The second-order valence-corrected chi connectivity index (χ2v) is 3.91. The van der Waals surface area contributed by atoms with Gasteiger partial charge in [0.05, 0.1) is 11.4 Å². The van der Waals surface area contributed by atoms with Gasteiger partial charge in [-0.15, -0.1) is 0 Å². The fraction of sp³-hybridized carbons (Fsp3) is 0.250. The lowest BCUT2D eigenvalue weighted by Crippen LogP contribution is -2.24. The predicted molar refractivity (Wildman–Crippen MR) is 69.3 cm³/mol. The molecule has 1 heterocycles. The van der Waals surface area contributed by atoms with E-state index >= 15 is 0 Å². The van der Waals surface area contributed by atoms with Gasteiger partial charge < -0.3 is 10.6 Å². The number of rotatable bonds is 4. The van der Waals surface area contributed by atoms with E-state index in [4.69, 9.17) is 11.1 Å². The van der Waals surface area contributed by atoms with Crippen LogP contribution in [-0.2, 0) is 0 Å². The summed E-state index contributed by atoms with van der Waals surface area (Å²) in [6.45, 7) is 0.677. The lowest BCUT2D eigenvalue weighted by atomic mass is 10.2. The summed E-state index contributed by atoms with van der Waals surface area (Å²) in [7, 11) is 1.94. The van der Waals surface area contributed by atoms with Crippen LogP contribution >= 0.6 is 0 Å². The molecule has 0 fully saturated rings. The Hall–Kier alpha value is -2.17. The third-order valence-electron chi connectivity index (χ3n) is 2.60. The highest BCUT2D eigenvalue weighted by Crippen LogP contribution is 2.21. The summed E-state index contributed by atoms with van der Waals surface area (Å²) in [4.78, 5) is 10.5. The number of nitrogens with one attached hydrogen (secondary N) is 1. The van der Waals surface area contributed by atoms with Gasteiger partial charge in [-0.25, -0.2) is 9.97 Å². The number of nitrogens with zero attached hydrogens (tertiary/aromatic N) is 3. The Morgan fingerprint density at radius 2 is 2.12 bits per heavy atom. The quantitative estimate of drug-likeness (QED) is 0.613. The van der Waals surface area contributed by atoms with E-state index < -0.39 is 0 Å². The molecule has 88 valence electrons. The molecule has 2 rings (SSSR count). The normalized spacial score (nSPS) is 10.4. The molecular formula is C12H15N5. The Kier molecular flexibility index (Phi) is 3.18. The molecule has 0 amide bonds. The molecule has 0 spiro atoms. The summed E-state index contributed by atoms with van der Waals surface area (Å²) >= 11 is 0. The standard InChI is InChI=1S/C12H15N5/c1-17(7-6-11(13)14)12-9-4-2-3-5-10(9)15-8-16-12/h2-5,8H,6-7H2,1H3,(H3,13,14). The van der Waals surface area contributed by atoms with Crippen LogP contribution in [0.15, 0.2) is 30.6 Å². The molecule has 0 aliphatic carbocycles. The molecule has 0 saturated heterocycles. The van der Waals surface area contributed by atoms with E-state index in [1.165, 1.54) is 0 Å². The van der Waals surface area contributed by atoms with Crippen molar-refractivity contribution in [1.82, 2.24) is 9.97 Å². The lowest BCUT2D eigenvalue weighted by molar-refractivity contribution is 0.892. The average Bonchev–Trinajstić information content (AvgIpc) is 2.35. The number of para-hydroxylation sites is 1. The van der Waals surface area contributed by atoms with Crippen molar-refractivity contribution in [3.8, 4) is 0 Å². The van der Waals surface area contributed by atoms with Gasteiger partial charge in [0.1, 0.15) is 12.1 Å². The van der Waals surface area contributed by atoms with Crippen LogP contribution in [0, 0.1) is 5.41 Å². The van der Waals surface area contributed by atoms with E-state index in [9.17, 15) is 0 Å². The topological polar surface area (TPSA) is 78.9 Å². The van der Waals surface area contributed by atoms with Crippen LogP contribution in [0.1, 0.15) is 6.42 Å². The van der Waals surface area contributed by atoms with Crippen molar-refractivity contribution in [3.63, 3.8) is 0 Å². The first-order valence-electron chi connectivity index (χ1n) is 5.42. The van der Waals surface area contributed by atoms with Crippen LogP contribution in [0.25, 0.3) is 10.9 Å². The van der Waals surface area contributed by atoms with Crippen LogP contribution in [0.5, 0.6) is 0 Å². The molecular weight excluding hydrogens is 214 g/mol. The van der Waals surface area contributed by atoms with E-state index in [-0.39, 0.29) is 5.84 Å². The van der Waals surface area contributed by atoms with Crippen molar-refractivity contribution in [3.05, 3.63) is 30.6 Å². The largest absolute Gasteiger partial charge is 0.388 e. The average molecular weight is 229 g/mol. The van der Waals surface area contributed by atoms with Gasteiger partial charge in [-0.2, -0.15) is 0 Å². The Labute approximate surface area is 99.8 Å². The molecule has 5 nitrogen and oxygen atoms in total. The minimum absolute atomic E-state index is 0.190. The van der Waals surface area contributed by atoms with Gasteiger partial charge in [0, 0.05) is 25.4 Å². The van der Waals surface area contributed by atoms with Crippen molar-refractivity contribution >= 4 is 22.6 Å². The van der Waals surface area contributed by atoms with Crippen molar-refractivity contribution in [2.24, 2.45) is 5.73 Å². The van der Waals surface area contributed by atoms with Crippen molar-refractivity contribution < 1.29 is 0 Å². The highest BCUT2D eigenvalue weighted by molar-refractivity contribution is 5.89. The Balaban J connectivity index is 2.31. The van der Waals surface area contributed by atoms with Gasteiger partial charge in [0.25, 0.3) is 0 Å². The number of aromatic nitrogens is 2. The van der Waals surface area contributed by atoms with E-state index in [0.29, 0.717) is 13.0 Å². The predicted octanol–water partition coefficient (Wildman–Crippen LogP) is 1.39. The molecule has 0 atom stereocenters. The SMILES string of the molecule is CN(CCC(=N)N)c1ncnc2ccccc12. The third-order valence-corrected chi connectivity index (χ3v) is 2.60. The Morgan fingerprint density at radius 3 is 2.88 bits per heavy atom. The molecule has 1 aromatic carbocycles. The third kappa shape index (κ3) is 2.50. The molecule has 0 radical (unpaired) electrons. The van der Waals surface area contributed by atoms with Crippen molar-refractivity contribution in [2.45, 2.75) is 6.42 Å². The number of amidine groups is 1. The van der Waals surface area contributed by atoms with Gasteiger partial charge in [-0.3, -0.25) is 5.41 Å². The van der Waals surface area contributed by atoms with E-state index in [2.05, 4.69) is 9.97 Å². The van der Waals surface area contributed by atoms with Crippen molar-refractivity contribution in [1.29, 1.82) is 5.41 Å². The second-order valence-electron chi connectivity index (χ2n) is 3.91. The first-order chi connectivity index (χ1) is 8.18. The Morgan fingerprint density at radius 1 is 1.35 bits per heavy atom. The first-order valence-corrected chi connectivity index (χ1v) is 5.42. The van der Waals surface area contributed by atoms with Crippen LogP contribution in [-0.4, -0.2) is 29.4 Å². The number of benzene rings is 1. The number of fused-ring (bicyclic) bond motifs is 1. The Bertz CT molecular complexity index is 532. The van der Waals surface area contributed by atoms with Gasteiger partial charge in [0.2, 0.25) is 0 Å². The van der Waals surface area contributed by atoms with Crippen LogP contribution < -0.4 is 10.6 Å². The summed E-state index contributed by atoms with van der Waals surface area (Å²) in [5, 5.41) is 8.25. The van der Waals surface area contributed by atoms with Crippen LogP contribution in [0.2, 0.25) is 0 Å². The maximum atomic E-state index is 7.23. The van der Waals surface area contributed by atoms with E-state index in [0.717, 1.165) is 16.7 Å². The number of hydrogen-bond acceptors (Lipinski definition) is 4. The number of anilines is 1. The van der Waals surface area contributed by atoms with Crippen molar-refractivity contribution in [2.75, 3.05) is 18.5 Å². The molecule has 1 aromatic heterocycles. The second kappa shape index (κ2) is 4.78. The molecule has 0 unspecified atom stereocenters. The van der Waals surface area contributed by atoms with E-state index in [1.54, 1.807) is 6.33 Å². The summed E-state index contributed by atoms with van der Waals surface area (Å²) in [5.74, 6) is 1.06. The minimum Gasteiger partial charge on any atom is -0.388 e. The van der Waals surface area contributed by atoms with Crippen LogP contribution in [0.3, 0.4) is 0 Å². The molecule has 17 heavy (non-hydrogen) atoms. The first kappa shape index (κ1) is 11.3. The van der Waals surface area contributed by atoms with Gasteiger partial charge >= 0.3 is 0 Å². The highest BCUT2D eigenvalue weighted by atomic mass is 15.2. The van der Waals surface area contributed by atoms with Gasteiger partial charge in [-0.05, 0) is 12.1 Å². The minimum atomic E-state index is 0.190. The maximum absolute atomic E-state index is 7.23. The van der Waals surface area contributed by atoms with Gasteiger partial charge in [0.15, 0.2) is 0 Å². The molecule has 0 saturated carbocycles. The zero-order chi connectivity index (χ0) is 12.3.